The van der Waals surface area contributed by atoms with Crippen LogP contribution >= 0.6 is 0 Å². The molecule has 6 heteroatoms. The van der Waals surface area contributed by atoms with Crippen molar-refractivity contribution in [3.63, 3.8) is 0 Å². The van der Waals surface area contributed by atoms with Crippen LogP contribution in [0.5, 0.6) is 0 Å². The monoisotopic (exact) mass is 352 g/mol. The Bertz CT molecular complexity index is 840. The number of nitrogens with zero attached hydrogens (tertiary/aromatic N) is 2. The van der Waals surface area contributed by atoms with Gasteiger partial charge in [-0.25, -0.2) is 0 Å². The number of H-pyrrole nitrogens is 1. The lowest BCUT2D eigenvalue weighted by Gasteiger charge is -2.19. The molecule has 0 radical (unpaired) electrons. The number of nitrogens with one attached hydrogen (secondary N) is 2. The van der Waals surface area contributed by atoms with E-state index in [1.54, 1.807) is 0 Å². The van der Waals surface area contributed by atoms with E-state index >= 15 is 0 Å². The number of hydrogen-bond acceptors (Lipinski definition) is 3. The predicted octanol–water partition coefficient (Wildman–Crippen LogP) is 1.95. The van der Waals surface area contributed by atoms with Gasteiger partial charge in [-0.1, -0.05) is 29.8 Å². The van der Waals surface area contributed by atoms with Gasteiger partial charge in [0, 0.05) is 37.2 Å². The number of likely N-dealkylation sites (tertiary alicyclic amines) is 1. The number of carbonyl (C=O) groups excluding carboxylic acids is 2. The number of hydrogen-bond donors (Lipinski definition) is 2. The molecular weight excluding hydrogens is 328 g/mol. The maximum atomic E-state index is 13.1. The third-order valence-corrected chi connectivity index (χ3v) is 5.51. The smallest absolute Gasteiger partial charge is 0.274 e. The normalized spacial score (nSPS) is 21.7. The van der Waals surface area contributed by atoms with E-state index in [4.69, 9.17) is 0 Å². The van der Waals surface area contributed by atoms with E-state index in [9.17, 15) is 9.59 Å². The molecular formula is C20H24N4O2. The summed E-state index contributed by atoms with van der Waals surface area (Å²) < 4.78 is 0. The molecule has 136 valence electrons. The second-order valence-electron chi connectivity index (χ2n) is 7.42. The molecule has 1 fully saturated rings. The highest BCUT2D eigenvalue weighted by molar-refractivity contribution is 5.94. The Morgan fingerprint density at radius 1 is 1.19 bits per heavy atom. The van der Waals surface area contributed by atoms with Crippen LogP contribution in [0.2, 0.25) is 0 Å². The van der Waals surface area contributed by atoms with E-state index in [0.717, 1.165) is 36.1 Å². The maximum absolute atomic E-state index is 13.1. The van der Waals surface area contributed by atoms with E-state index < -0.39 is 0 Å². The van der Waals surface area contributed by atoms with Gasteiger partial charge in [0.1, 0.15) is 0 Å². The van der Waals surface area contributed by atoms with Crippen molar-refractivity contribution in [1.29, 1.82) is 0 Å². The molecule has 2 aliphatic rings. The average molecular weight is 352 g/mol. The molecule has 0 saturated carbocycles. The summed E-state index contributed by atoms with van der Waals surface area (Å²) in [5.74, 6) is -0.00752. The van der Waals surface area contributed by atoms with Gasteiger partial charge in [0.15, 0.2) is 5.69 Å². The average Bonchev–Trinajstić information content (AvgIpc) is 3.29. The minimum absolute atomic E-state index is 0.0330. The Kier molecular flexibility index (Phi) is 4.26. The second kappa shape index (κ2) is 6.59. The van der Waals surface area contributed by atoms with Gasteiger partial charge in [0.05, 0.1) is 6.04 Å². The first kappa shape index (κ1) is 16.8. The van der Waals surface area contributed by atoms with Gasteiger partial charge in [-0.05, 0) is 31.7 Å². The molecule has 26 heavy (non-hydrogen) atoms. The van der Waals surface area contributed by atoms with Crippen molar-refractivity contribution in [3.8, 4) is 0 Å². The number of benzene rings is 1. The quantitative estimate of drug-likeness (QED) is 0.886. The van der Waals surface area contributed by atoms with Crippen molar-refractivity contribution in [3.05, 3.63) is 52.3 Å². The zero-order valence-electron chi connectivity index (χ0n) is 15.2. The Hall–Kier alpha value is -2.63. The number of fused-ring (bicyclic) bond motifs is 1. The maximum Gasteiger partial charge on any atom is 0.274 e. The third kappa shape index (κ3) is 3.00. The fourth-order valence-electron chi connectivity index (χ4n) is 4.17. The van der Waals surface area contributed by atoms with Crippen LogP contribution in [0.15, 0.2) is 24.3 Å². The Morgan fingerprint density at radius 2 is 1.96 bits per heavy atom. The zero-order chi connectivity index (χ0) is 18.3. The van der Waals surface area contributed by atoms with Crippen molar-refractivity contribution in [1.82, 2.24) is 20.4 Å². The number of amides is 2. The van der Waals surface area contributed by atoms with E-state index in [1.807, 2.05) is 4.90 Å². The van der Waals surface area contributed by atoms with Crippen LogP contribution < -0.4 is 5.32 Å². The van der Waals surface area contributed by atoms with Gasteiger partial charge in [-0.15, -0.1) is 0 Å². The minimum Gasteiger partial charge on any atom is -0.351 e. The molecule has 2 atom stereocenters. The number of aromatic amines is 1. The Balaban J connectivity index is 1.58. The van der Waals surface area contributed by atoms with Gasteiger partial charge in [0.25, 0.3) is 5.91 Å². The van der Waals surface area contributed by atoms with Crippen molar-refractivity contribution >= 4 is 11.8 Å². The van der Waals surface area contributed by atoms with E-state index in [-0.39, 0.29) is 23.8 Å². The summed E-state index contributed by atoms with van der Waals surface area (Å²) in [6, 6.07) is 8.26. The van der Waals surface area contributed by atoms with Crippen LogP contribution in [0.1, 0.15) is 52.1 Å². The SMILES string of the molecule is CC(=O)NC1CN(C(=O)c2n[nH]c3c2CCC3)CC1c1ccc(C)cc1. The summed E-state index contributed by atoms with van der Waals surface area (Å²) in [6.07, 6.45) is 2.96. The summed E-state index contributed by atoms with van der Waals surface area (Å²) in [5, 5.41) is 10.3. The lowest BCUT2D eigenvalue weighted by Crippen LogP contribution is -2.39. The summed E-state index contributed by atoms with van der Waals surface area (Å²) in [7, 11) is 0. The summed E-state index contributed by atoms with van der Waals surface area (Å²) >= 11 is 0. The molecule has 1 aromatic carbocycles. The summed E-state index contributed by atoms with van der Waals surface area (Å²) in [4.78, 5) is 26.6. The number of aromatic nitrogens is 2. The highest BCUT2D eigenvalue weighted by atomic mass is 16.2. The lowest BCUT2D eigenvalue weighted by molar-refractivity contribution is -0.119. The van der Waals surface area contributed by atoms with Crippen LogP contribution in [0.25, 0.3) is 0 Å². The first-order chi connectivity index (χ1) is 12.5. The minimum atomic E-state index is -0.0776. The van der Waals surface area contributed by atoms with Crippen LogP contribution in [0.4, 0.5) is 0 Å². The Morgan fingerprint density at radius 3 is 2.69 bits per heavy atom. The fourth-order valence-corrected chi connectivity index (χ4v) is 4.17. The molecule has 1 aliphatic carbocycles. The summed E-state index contributed by atoms with van der Waals surface area (Å²) in [6.45, 7) is 4.68. The van der Waals surface area contributed by atoms with Gasteiger partial charge in [0.2, 0.25) is 5.91 Å². The van der Waals surface area contributed by atoms with Gasteiger partial charge in [-0.2, -0.15) is 5.10 Å². The molecule has 1 aliphatic heterocycles. The van der Waals surface area contributed by atoms with Crippen LogP contribution in [0, 0.1) is 6.92 Å². The van der Waals surface area contributed by atoms with Crippen molar-refractivity contribution in [2.45, 2.75) is 45.1 Å². The molecule has 0 spiro atoms. The standard InChI is InChI=1S/C20H24N4O2/c1-12-6-8-14(9-7-12)16-10-24(11-18(16)21-13(2)25)20(26)19-15-4-3-5-17(15)22-23-19/h6-9,16,18H,3-5,10-11H2,1-2H3,(H,21,25)(H,22,23). The van der Waals surface area contributed by atoms with Gasteiger partial charge >= 0.3 is 0 Å². The molecule has 6 nitrogen and oxygen atoms in total. The van der Waals surface area contributed by atoms with Gasteiger partial charge < -0.3 is 10.2 Å². The van der Waals surface area contributed by atoms with E-state index in [0.29, 0.717) is 18.8 Å². The fraction of sp³-hybridized carbons (Fsp3) is 0.450. The second-order valence-corrected chi connectivity index (χ2v) is 7.42. The number of rotatable bonds is 3. The molecule has 4 rings (SSSR count). The lowest BCUT2D eigenvalue weighted by atomic mass is 9.93. The molecule has 0 bridgehead atoms. The molecule has 1 aromatic heterocycles. The van der Waals surface area contributed by atoms with Crippen molar-refractivity contribution in [2.24, 2.45) is 0 Å². The highest BCUT2D eigenvalue weighted by Crippen LogP contribution is 2.30. The molecule has 2 heterocycles. The molecule has 2 unspecified atom stereocenters. The molecule has 2 aromatic rings. The van der Waals surface area contributed by atoms with Crippen LogP contribution in [0.3, 0.4) is 0 Å². The van der Waals surface area contributed by atoms with E-state index in [2.05, 4.69) is 46.7 Å². The summed E-state index contributed by atoms with van der Waals surface area (Å²) in [5.41, 5.74) is 5.08. The molecule has 1 saturated heterocycles. The van der Waals surface area contributed by atoms with E-state index in [1.165, 1.54) is 12.5 Å². The number of aryl methyl sites for hydroxylation is 2. The first-order valence-electron chi connectivity index (χ1n) is 9.22. The van der Waals surface area contributed by atoms with Gasteiger partial charge in [-0.3, -0.25) is 14.7 Å². The van der Waals surface area contributed by atoms with Crippen LogP contribution in [-0.4, -0.2) is 46.0 Å². The van der Waals surface area contributed by atoms with Crippen LogP contribution in [-0.2, 0) is 17.6 Å². The predicted molar refractivity (Wildman–Crippen MR) is 98.0 cm³/mol. The first-order valence-corrected chi connectivity index (χ1v) is 9.22. The third-order valence-electron chi connectivity index (χ3n) is 5.51. The van der Waals surface area contributed by atoms with Crippen molar-refractivity contribution in [2.75, 3.05) is 13.1 Å². The zero-order valence-corrected chi connectivity index (χ0v) is 15.2. The Labute approximate surface area is 153 Å². The molecule has 2 N–H and O–H groups in total. The van der Waals surface area contributed by atoms with Crippen molar-refractivity contribution < 1.29 is 9.59 Å². The highest BCUT2D eigenvalue weighted by Gasteiger charge is 2.38. The topological polar surface area (TPSA) is 78.1 Å². The largest absolute Gasteiger partial charge is 0.351 e. The molecule has 2 amide bonds. The number of carbonyl (C=O) groups is 2.